The Morgan fingerprint density at radius 1 is 1.36 bits per heavy atom. The van der Waals surface area contributed by atoms with Crippen LogP contribution in [0.4, 0.5) is 0 Å². The first-order valence-corrected chi connectivity index (χ1v) is 9.08. The van der Waals surface area contributed by atoms with Gasteiger partial charge in [-0.15, -0.1) is 0 Å². The summed E-state index contributed by atoms with van der Waals surface area (Å²) in [5.74, 6) is 1.20. The van der Waals surface area contributed by atoms with Crippen molar-refractivity contribution in [3.05, 3.63) is 22.7 Å². The molecule has 1 heterocycles. The van der Waals surface area contributed by atoms with Gasteiger partial charge in [-0.25, -0.2) is 0 Å². The van der Waals surface area contributed by atoms with Crippen LogP contribution in [0, 0.1) is 0 Å². The van der Waals surface area contributed by atoms with Gasteiger partial charge in [0.25, 0.3) is 0 Å². The predicted octanol–water partition coefficient (Wildman–Crippen LogP) is 2.18. The van der Waals surface area contributed by atoms with E-state index in [0.717, 1.165) is 31.5 Å². The van der Waals surface area contributed by atoms with Crippen LogP contribution in [0.5, 0.6) is 11.5 Å². The third kappa shape index (κ3) is 5.23. The van der Waals surface area contributed by atoms with Crippen molar-refractivity contribution in [2.45, 2.75) is 38.3 Å². The van der Waals surface area contributed by atoms with E-state index in [4.69, 9.17) is 26.8 Å². The number of methoxy groups -OCH3 is 2. The molecule has 1 unspecified atom stereocenters. The van der Waals surface area contributed by atoms with Crippen molar-refractivity contribution >= 4 is 17.5 Å². The Labute approximate surface area is 154 Å². The molecule has 1 saturated heterocycles. The van der Waals surface area contributed by atoms with Gasteiger partial charge in [0.15, 0.2) is 11.5 Å². The zero-order chi connectivity index (χ0) is 18.2. The second-order valence-corrected chi connectivity index (χ2v) is 6.61. The molecule has 0 bridgehead atoms. The lowest BCUT2D eigenvalue weighted by Gasteiger charge is -2.36. The molecule has 0 aliphatic carbocycles. The first-order valence-electron chi connectivity index (χ1n) is 8.70. The number of halogens is 1. The highest BCUT2D eigenvalue weighted by atomic mass is 35.5. The van der Waals surface area contributed by atoms with Crippen molar-refractivity contribution < 1.29 is 14.3 Å². The number of nitrogens with zero attached hydrogens (tertiary/aromatic N) is 1. The molecule has 1 amide bonds. The average molecular weight is 370 g/mol. The normalized spacial score (nSPS) is 18.0. The van der Waals surface area contributed by atoms with Crippen LogP contribution in [0.2, 0.25) is 5.02 Å². The summed E-state index contributed by atoms with van der Waals surface area (Å²) in [6, 6.07) is 4.16. The fraction of sp³-hybridized carbons (Fsp3) is 0.611. The molecule has 0 saturated carbocycles. The second-order valence-electron chi connectivity index (χ2n) is 6.24. The molecule has 7 heteroatoms. The maximum Gasteiger partial charge on any atom is 0.221 e. The van der Waals surface area contributed by atoms with Crippen molar-refractivity contribution in [1.82, 2.24) is 10.2 Å². The van der Waals surface area contributed by atoms with Gasteiger partial charge in [-0.3, -0.25) is 9.69 Å². The first-order chi connectivity index (χ1) is 12.1. The molecule has 1 fully saturated rings. The summed E-state index contributed by atoms with van der Waals surface area (Å²) in [4.78, 5) is 14.1. The van der Waals surface area contributed by atoms with Gasteiger partial charge in [0, 0.05) is 32.1 Å². The number of benzene rings is 1. The molecule has 1 atom stereocenters. The van der Waals surface area contributed by atoms with E-state index in [1.54, 1.807) is 14.2 Å². The fourth-order valence-corrected chi connectivity index (χ4v) is 3.51. The van der Waals surface area contributed by atoms with E-state index in [2.05, 4.69) is 10.2 Å². The highest BCUT2D eigenvalue weighted by Crippen LogP contribution is 2.38. The summed E-state index contributed by atoms with van der Waals surface area (Å²) < 4.78 is 10.7. The predicted molar refractivity (Wildman–Crippen MR) is 99.3 cm³/mol. The summed E-state index contributed by atoms with van der Waals surface area (Å²) in [6.07, 6.45) is 3.76. The van der Waals surface area contributed by atoms with Crippen LogP contribution < -0.4 is 20.5 Å². The third-order valence-electron chi connectivity index (χ3n) is 4.59. The number of piperidine rings is 1. The van der Waals surface area contributed by atoms with Gasteiger partial charge in [0.05, 0.1) is 19.2 Å². The van der Waals surface area contributed by atoms with E-state index in [-0.39, 0.29) is 5.91 Å². The van der Waals surface area contributed by atoms with E-state index in [9.17, 15) is 4.79 Å². The van der Waals surface area contributed by atoms with Crippen LogP contribution in [-0.4, -0.2) is 50.7 Å². The zero-order valence-electron chi connectivity index (χ0n) is 15.0. The Bertz CT molecular complexity index is 583. The van der Waals surface area contributed by atoms with Crippen LogP contribution in [0.1, 0.15) is 31.2 Å². The lowest BCUT2D eigenvalue weighted by atomic mass is 10.0. The molecule has 140 valence electrons. The van der Waals surface area contributed by atoms with Crippen molar-refractivity contribution in [3.8, 4) is 11.5 Å². The molecule has 0 radical (unpaired) electrons. The van der Waals surface area contributed by atoms with E-state index in [1.807, 2.05) is 12.1 Å². The largest absolute Gasteiger partial charge is 0.493 e. The maximum atomic E-state index is 11.7. The van der Waals surface area contributed by atoms with Gasteiger partial charge in [0.1, 0.15) is 0 Å². The van der Waals surface area contributed by atoms with Crippen LogP contribution >= 0.6 is 11.6 Å². The number of ether oxygens (including phenoxy) is 2. The molecule has 1 aromatic carbocycles. The van der Waals surface area contributed by atoms with E-state index >= 15 is 0 Å². The number of nitrogens with two attached hydrogens (primary N) is 1. The fourth-order valence-electron chi connectivity index (χ4n) is 3.22. The van der Waals surface area contributed by atoms with Crippen molar-refractivity contribution in [2.24, 2.45) is 5.73 Å². The highest BCUT2D eigenvalue weighted by molar-refractivity contribution is 6.33. The quantitative estimate of drug-likeness (QED) is 0.734. The van der Waals surface area contributed by atoms with Crippen molar-refractivity contribution in [2.75, 3.05) is 33.9 Å². The Morgan fingerprint density at radius 3 is 2.84 bits per heavy atom. The topological polar surface area (TPSA) is 76.8 Å². The average Bonchev–Trinajstić information content (AvgIpc) is 2.62. The van der Waals surface area contributed by atoms with Crippen LogP contribution in [0.25, 0.3) is 0 Å². The van der Waals surface area contributed by atoms with Crippen molar-refractivity contribution in [3.63, 3.8) is 0 Å². The Balaban J connectivity index is 2.07. The first kappa shape index (κ1) is 19.8. The molecule has 0 spiro atoms. The number of amides is 1. The number of carbonyl (C=O) groups is 1. The van der Waals surface area contributed by atoms with E-state index < -0.39 is 0 Å². The Hall–Kier alpha value is -1.50. The number of carbonyl (C=O) groups excluding carboxylic acids is 1. The van der Waals surface area contributed by atoms with Gasteiger partial charge in [0.2, 0.25) is 5.91 Å². The summed E-state index contributed by atoms with van der Waals surface area (Å²) in [6.45, 7) is 2.73. The molecule has 1 aromatic rings. The lowest BCUT2D eigenvalue weighted by molar-refractivity contribution is -0.121. The smallest absolute Gasteiger partial charge is 0.221 e. The monoisotopic (exact) mass is 369 g/mol. The summed E-state index contributed by atoms with van der Waals surface area (Å²) in [5, 5.41) is 3.57. The van der Waals surface area contributed by atoms with E-state index in [0.29, 0.717) is 42.1 Å². The van der Waals surface area contributed by atoms with Crippen LogP contribution in [-0.2, 0) is 11.3 Å². The third-order valence-corrected chi connectivity index (χ3v) is 5.01. The SMILES string of the molecule is COc1ccc(CN2CCCCC2CNC(=O)CCN)c(Cl)c1OC. The maximum absolute atomic E-state index is 11.7. The number of nitrogens with one attached hydrogen (secondary N) is 1. The number of rotatable bonds is 8. The Morgan fingerprint density at radius 2 is 2.16 bits per heavy atom. The molecule has 25 heavy (non-hydrogen) atoms. The van der Waals surface area contributed by atoms with Gasteiger partial charge in [-0.05, 0) is 31.0 Å². The minimum Gasteiger partial charge on any atom is -0.493 e. The molecule has 3 N–H and O–H groups in total. The van der Waals surface area contributed by atoms with Crippen LogP contribution in [0.3, 0.4) is 0 Å². The standard InChI is InChI=1S/C18H28ClN3O3/c1-24-15-7-6-13(17(19)18(15)25-2)12-22-10-4-3-5-14(22)11-21-16(23)8-9-20/h6-7,14H,3-5,8-12,20H2,1-2H3,(H,21,23). The molecular formula is C18H28ClN3O3. The number of hydrogen-bond acceptors (Lipinski definition) is 5. The van der Waals surface area contributed by atoms with Gasteiger partial charge in [-0.1, -0.05) is 24.1 Å². The summed E-state index contributed by atoms with van der Waals surface area (Å²) >= 11 is 6.51. The molecule has 2 rings (SSSR count). The van der Waals surface area contributed by atoms with Crippen LogP contribution in [0.15, 0.2) is 12.1 Å². The van der Waals surface area contributed by atoms with E-state index in [1.165, 1.54) is 6.42 Å². The molecule has 1 aliphatic heterocycles. The Kier molecular flexibility index (Phi) is 7.81. The molecular weight excluding hydrogens is 342 g/mol. The summed E-state index contributed by atoms with van der Waals surface area (Å²) in [7, 11) is 3.18. The lowest BCUT2D eigenvalue weighted by Crippen LogP contribution is -2.46. The zero-order valence-corrected chi connectivity index (χ0v) is 15.8. The molecule has 0 aromatic heterocycles. The highest BCUT2D eigenvalue weighted by Gasteiger charge is 2.24. The van der Waals surface area contributed by atoms with Gasteiger partial charge >= 0.3 is 0 Å². The molecule has 6 nitrogen and oxygen atoms in total. The van der Waals surface area contributed by atoms with Gasteiger partial charge in [-0.2, -0.15) is 0 Å². The second kappa shape index (κ2) is 9.85. The summed E-state index contributed by atoms with van der Waals surface area (Å²) in [5.41, 5.74) is 6.43. The van der Waals surface area contributed by atoms with Gasteiger partial charge < -0.3 is 20.5 Å². The minimum atomic E-state index is 0.0113. The number of likely N-dealkylation sites (tertiary alicyclic amines) is 1. The minimum absolute atomic E-state index is 0.0113. The molecule has 1 aliphatic rings. The number of hydrogen-bond donors (Lipinski definition) is 2. The van der Waals surface area contributed by atoms with Crippen molar-refractivity contribution in [1.29, 1.82) is 0 Å².